The van der Waals surface area contributed by atoms with Gasteiger partial charge in [-0.1, -0.05) is 137 Å². The summed E-state index contributed by atoms with van der Waals surface area (Å²) in [5.74, 6) is 15.6. The number of terminal acetylenes is 1. The first kappa shape index (κ1) is 54.5. The predicted molar refractivity (Wildman–Crippen MR) is 227 cm³/mol. The summed E-state index contributed by atoms with van der Waals surface area (Å²) in [7, 11) is 0. The largest absolute Gasteiger partial charge is 0.472 e. The highest BCUT2D eigenvalue weighted by atomic mass is 16.4. The third-order valence-electron chi connectivity index (χ3n) is 9.54. The van der Waals surface area contributed by atoms with Gasteiger partial charge in [0.15, 0.2) is 6.10 Å². The number of hydrogen-bond acceptors (Lipinski definition) is 10. The highest BCUT2D eigenvalue weighted by Gasteiger charge is 2.22. The summed E-state index contributed by atoms with van der Waals surface area (Å²) < 4.78 is 0. The van der Waals surface area contributed by atoms with Gasteiger partial charge in [0.25, 0.3) is 0 Å². The number of carboxylic acids is 1. The second kappa shape index (κ2) is 37.8. The molecule has 0 aromatic heterocycles. The molecule has 326 valence electrons. The minimum Gasteiger partial charge on any atom is -0.472 e. The van der Waals surface area contributed by atoms with Crippen LogP contribution in [0.1, 0.15) is 161 Å². The van der Waals surface area contributed by atoms with Gasteiger partial charge < -0.3 is 46.0 Å². The maximum Gasteiger partial charge on any atom is 0.381 e. The van der Waals surface area contributed by atoms with Crippen molar-refractivity contribution < 1.29 is 55.5 Å². The molecule has 8 unspecified atom stereocenters. The zero-order valence-electron chi connectivity index (χ0n) is 34.5. The van der Waals surface area contributed by atoms with Crippen LogP contribution >= 0.6 is 0 Å². The van der Waals surface area contributed by atoms with Gasteiger partial charge in [0, 0.05) is 31.6 Å². The number of allylic oxidation sites excluding steroid dienone is 1. The van der Waals surface area contributed by atoms with Crippen molar-refractivity contribution in [1.29, 1.82) is 0 Å². The summed E-state index contributed by atoms with van der Waals surface area (Å²) in [6.07, 6.45) is 23.7. The summed E-state index contributed by atoms with van der Waals surface area (Å²) in [5.41, 5.74) is 0. The maximum absolute atomic E-state index is 12.2. The Morgan fingerprint density at radius 3 is 1.72 bits per heavy atom. The van der Waals surface area contributed by atoms with E-state index in [9.17, 15) is 50.4 Å². The van der Waals surface area contributed by atoms with E-state index in [4.69, 9.17) is 11.5 Å². The molecule has 11 heteroatoms. The van der Waals surface area contributed by atoms with Crippen LogP contribution in [0.3, 0.4) is 0 Å². The van der Waals surface area contributed by atoms with E-state index >= 15 is 0 Å². The summed E-state index contributed by atoms with van der Waals surface area (Å²) in [4.78, 5) is 22.6. The molecule has 0 aromatic rings. The first-order chi connectivity index (χ1) is 27.8. The molecule has 0 bridgehead atoms. The molecule has 0 rings (SSSR count). The van der Waals surface area contributed by atoms with Gasteiger partial charge in [-0.25, -0.2) is 4.79 Å². The Morgan fingerprint density at radius 2 is 1.10 bits per heavy atom. The normalized spacial score (nSPS) is 15.4. The van der Waals surface area contributed by atoms with Crippen LogP contribution in [0.4, 0.5) is 0 Å². The molecule has 0 heterocycles. The summed E-state index contributed by atoms with van der Waals surface area (Å²) in [6.45, 7) is 0. The Morgan fingerprint density at radius 1 is 0.569 bits per heavy atom. The molecule has 0 saturated heterocycles. The second-order valence-corrected chi connectivity index (χ2v) is 14.9. The topological polar surface area (TPSA) is 216 Å². The quantitative estimate of drug-likeness (QED) is 0.0243. The molecule has 9 N–H and O–H groups in total. The highest BCUT2D eigenvalue weighted by Crippen LogP contribution is 2.15. The van der Waals surface area contributed by atoms with Crippen LogP contribution in [0.15, 0.2) is 24.3 Å². The number of aliphatic hydroxyl groups is 8. The molecule has 0 spiro atoms. The number of aliphatic carboxylic acids is 1. The fraction of sp³-hybridized carbons (Fsp3) is 0.702. The van der Waals surface area contributed by atoms with Gasteiger partial charge in [-0.15, -0.1) is 6.42 Å². The van der Waals surface area contributed by atoms with Gasteiger partial charge >= 0.3 is 5.97 Å². The first-order valence-electron chi connectivity index (χ1n) is 21.3. The SMILES string of the molecule is C#CC(O)C=CC(O)CCCCC(O)CC#CC(O)C#CCCC(O)C=CCCCCCCCCCCCC(=O)CCCCCCCC(O)C(O)C(O)C#CC(=O)O. The van der Waals surface area contributed by atoms with Crippen molar-refractivity contribution in [3.8, 4) is 47.9 Å². The molecule has 0 amide bonds. The number of carboxylic acid groups (broad SMARTS) is 1. The van der Waals surface area contributed by atoms with Crippen molar-refractivity contribution in [2.75, 3.05) is 0 Å². The van der Waals surface area contributed by atoms with Crippen LogP contribution in [0.25, 0.3) is 0 Å². The molecule has 8 atom stereocenters. The fourth-order valence-corrected chi connectivity index (χ4v) is 6.02. The lowest BCUT2D eigenvalue weighted by atomic mass is 10.00. The number of rotatable bonds is 33. The molecule has 0 aliphatic carbocycles. The molecule has 0 aromatic carbocycles. The molecule has 11 nitrogen and oxygen atoms in total. The van der Waals surface area contributed by atoms with Gasteiger partial charge in [-0.2, -0.15) is 0 Å². The maximum atomic E-state index is 12.2. The molecular formula is C47H72O11. The molecule has 0 aliphatic rings. The number of hydrogen-bond donors (Lipinski definition) is 9. The van der Waals surface area contributed by atoms with Gasteiger partial charge in [0.1, 0.15) is 24.1 Å². The van der Waals surface area contributed by atoms with Gasteiger partial charge in [0.05, 0.1) is 24.4 Å². The average Bonchev–Trinajstić information content (AvgIpc) is 3.20. The number of carbonyl (C=O) groups excluding carboxylic acids is 1. The molecule has 58 heavy (non-hydrogen) atoms. The van der Waals surface area contributed by atoms with Crippen molar-refractivity contribution in [3.63, 3.8) is 0 Å². The number of ketones is 1. The summed E-state index contributed by atoms with van der Waals surface area (Å²) in [6, 6.07) is 0. The van der Waals surface area contributed by atoms with E-state index in [1.54, 1.807) is 12.0 Å². The number of Topliss-reactive ketones (excluding diaryl/α,β-unsaturated/α-hetero) is 1. The van der Waals surface area contributed by atoms with E-state index in [-0.39, 0.29) is 12.8 Å². The van der Waals surface area contributed by atoms with Crippen LogP contribution in [0.2, 0.25) is 0 Å². The van der Waals surface area contributed by atoms with Crippen LogP contribution < -0.4 is 0 Å². The Hall–Kier alpha value is -3.46. The van der Waals surface area contributed by atoms with E-state index in [1.165, 1.54) is 37.8 Å². The van der Waals surface area contributed by atoms with Crippen molar-refractivity contribution in [3.05, 3.63) is 24.3 Å². The van der Waals surface area contributed by atoms with Crippen LogP contribution in [0, 0.1) is 47.9 Å². The lowest BCUT2D eigenvalue weighted by Crippen LogP contribution is -2.36. The average molecular weight is 813 g/mol. The standard InChI is InChI=1S/C47H72O11/c1-2-38(48)34-35-43(53)30-22-21-29-42(52)32-23-31-41(51)28-20-19-27-40(50)26-16-12-9-7-5-3-4-6-8-11-15-24-39(49)25-17-13-10-14-18-33-44(54)47(58)45(55)36-37-46(56)57/h1,16,26,34-35,38,40-45,47-48,50-55,58H,3-15,17-19,21-22,24-25,27,29-30,32-33H2,(H,56,57). The number of carbonyl (C=O) groups is 2. The van der Waals surface area contributed by atoms with E-state index < -0.39 is 54.8 Å². The van der Waals surface area contributed by atoms with E-state index in [0.29, 0.717) is 63.6 Å². The Kier molecular flexibility index (Phi) is 35.5. The van der Waals surface area contributed by atoms with Crippen molar-refractivity contribution in [1.82, 2.24) is 0 Å². The number of aliphatic hydroxyl groups excluding tert-OH is 8. The van der Waals surface area contributed by atoms with Gasteiger partial charge in [-0.3, -0.25) is 4.79 Å². The molecule has 0 radical (unpaired) electrons. The van der Waals surface area contributed by atoms with Crippen LogP contribution in [0.5, 0.6) is 0 Å². The lowest BCUT2D eigenvalue weighted by Gasteiger charge is -2.19. The zero-order valence-corrected chi connectivity index (χ0v) is 34.5. The molecule has 0 fully saturated rings. The highest BCUT2D eigenvalue weighted by molar-refractivity contribution is 5.86. The minimum absolute atomic E-state index is 0.218. The van der Waals surface area contributed by atoms with Crippen LogP contribution in [-0.4, -0.2) is 107 Å². The lowest BCUT2D eigenvalue weighted by molar-refractivity contribution is -0.130. The zero-order chi connectivity index (χ0) is 43.2. The molecular weight excluding hydrogens is 741 g/mol. The fourth-order valence-electron chi connectivity index (χ4n) is 6.02. The van der Waals surface area contributed by atoms with Gasteiger partial charge in [0.2, 0.25) is 0 Å². The Balaban J connectivity index is 3.71. The summed E-state index contributed by atoms with van der Waals surface area (Å²) >= 11 is 0. The van der Waals surface area contributed by atoms with Crippen molar-refractivity contribution in [2.45, 2.75) is 209 Å². The second-order valence-electron chi connectivity index (χ2n) is 14.9. The Labute approximate surface area is 348 Å². The van der Waals surface area contributed by atoms with E-state index in [1.807, 2.05) is 12.0 Å². The third kappa shape index (κ3) is 35.7. The molecule has 0 aliphatic heterocycles. The van der Waals surface area contributed by atoms with Crippen molar-refractivity contribution >= 4 is 11.8 Å². The van der Waals surface area contributed by atoms with Gasteiger partial charge in [-0.05, 0) is 57.4 Å². The smallest absolute Gasteiger partial charge is 0.381 e. The molecule has 0 saturated carbocycles. The van der Waals surface area contributed by atoms with Crippen LogP contribution in [-0.2, 0) is 9.59 Å². The predicted octanol–water partition coefficient (Wildman–Crippen LogP) is 5.04. The third-order valence-corrected chi connectivity index (χ3v) is 9.54. The number of unbranched alkanes of at least 4 members (excludes halogenated alkanes) is 14. The summed E-state index contributed by atoms with van der Waals surface area (Å²) in [5, 5.41) is 87.1. The van der Waals surface area contributed by atoms with E-state index in [0.717, 1.165) is 64.2 Å². The van der Waals surface area contributed by atoms with Crippen molar-refractivity contribution in [2.24, 2.45) is 0 Å². The first-order valence-corrected chi connectivity index (χ1v) is 21.3. The Bertz CT molecular complexity index is 1370. The van der Waals surface area contributed by atoms with E-state index in [2.05, 4.69) is 29.6 Å². The monoisotopic (exact) mass is 813 g/mol. The minimum atomic E-state index is -1.61.